The Hall–Kier alpha value is -0.330. The maximum absolute atomic E-state index is 4.02. The van der Waals surface area contributed by atoms with Crippen LogP contribution in [0.5, 0.6) is 0 Å². The quantitative estimate of drug-likeness (QED) is 0.425. The smallest absolute Gasteiger partial charge is 0.0273 e. The lowest BCUT2D eigenvalue weighted by molar-refractivity contribution is 0.337. The molecule has 0 radical (unpaired) electrons. The minimum atomic E-state index is 0.453. The van der Waals surface area contributed by atoms with E-state index in [9.17, 15) is 0 Å². The van der Waals surface area contributed by atoms with E-state index in [1.807, 2.05) is 13.3 Å². The minimum absolute atomic E-state index is 0.453. The lowest BCUT2D eigenvalue weighted by atomic mass is 9.84. The maximum Gasteiger partial charge on any atom is 0.0273 e. The second kappa shape index (κ2) is 6.22. The van der Waals surface area contributed by atoms with Crippen LogP contribution in [0, 0.1) is 5.41 Å². The molecule has 0 aromatic carbocycles. The van der Waals surface area contributed by atoms with Crippen molar-refractivity contribution in [3.05, 3.63) is 0 Å². The Labute approximate surface area is 77.3 Å². The van der Waals surface area contributed by atoms with E-state index >= 15 is 0 Å². The van der Waals surface area contributed by atoms with Gasteiger partial charge in [0, 0.05) is 7.05 Å². The van der Waals surface area contributed by atoms with Crippen molar-refractivity contribution in [2.45, 2.75) is 52.9 Å². The Kier molecular flexibility index (Phi) is 6.04. The molecule has 0 saturated heterocycles. The Balaban J connectivity index is 3.55. The zero-order chi connectivity index (χ0) is 9.45. The van der Waals surface area contributed by atoms with Gasteiger partial charge in [0.2, 0.25) is 0 Å². The number of aliphatic imine (C=N–C) groups is 1. The van der Waals surface area contributed by atoms with Crippen molar-refractivity contribution in [2.75, 3.05) is 7.05 Å². The van der Waals surface area contributed by atoms with Crippen LogP contribution in [-0.2, 0) is 0 Å². The minimum Gasteiger partial charge on any atom is -0.301 e. The molecule has 0 atom stereocenters. The van der Waals surface area contributed by atoms with E-state index in [0.29, 0.717) is 5.41 Å². The summed E-state index contributed by atoms with van der Waals surface area (Å²) in [6.07, 6.45) is 8.53. The monoisotopic (exact) mass is 169 g/mol. The van der Waals surface area contributed by atoms with Gasteiger partial charge in [-0.15, -0.1) is 0 Å². The highest BCUT2D eigenvalue weighted by atomic mass is 14.6. The molecule has 12 heavy (non-hydrogen) atoms. The van der Waals surface area contributed by atoms with Crippen LogP contribution in [0.1, 0.15) is 52.9 Å². The first-order valence-electron chi connectivity index (χ1n) is 5.03. The summed E-state index contributed by atoms with van der Waals surface area (Å²) in [5.41, 5.74) is 0.453. The highest BCUT2D eigenvalue weighted by Crippen LogP contribution is 2.26. The van der Waals surface area contributed by atoms with Crippen molar-refractivity contribution < 1.29 is 0 Å². The Morgan fingerprint density at radius 3 is 2.42 bits per heavy atom. The van der Waals surface area contributed by atoms with Crippen molar-refractivity contribution in [2.24, 2.45) is 10.4 Å². The van der Waals surface area contributed by atoms with E-state index in [0.717, 1.165) is 6.42 Å². The van der Waals surface area contributed by atoms with Crippen molar-refractivity contribution in [1.29, 1.82) is 0 Å². The van der Waals surface area contributed by atoms with E-state index in [1.165, 1.54) is 25.7 Å². The lowest BCUT2D eigenvalue weighted by Crippen LogP contribution is -2.11. The summed E-state index contributed by atoms with van der Waals surface area (Å²) in [4.78, 5) is 4.02. The lowest BCUT2D eigenvalue weighted by Gasteiger charge is -2.22. The normalized spacial score (nSPS) is 12.7. The van der Waals surface area contributed by atoms with E-state index in [1.54, 1.807) is 0 Å². The molecule has 0 aromatic rings. The van der Waals surface area contributed by atoms with E-state index in [2.05, 4.69) is 25.8 Å². The summed E-state index contributed by atoms with van der Waals surface area (Å²) < 4.78 is 0. The average molecular weight is 169 g/mol. The Morgan fingerprint density at radius 2 is 1.92 bits per heavy atom. The molecule has 1 heteroatoms. The average Bonchev–Trinajstić information content (AvgIpc) is 2.01. The van der Waals surface area contributed by atoms with E-state index in [-0.39, 0.29) is 0 Å². The number of hydrogen-bond acceptors (Lipinski definition) is 1. The largest absolute Gasteiger partial charge is 0.301 e. The zero-order valence-corrected chi connectivity index (χ0v) is 9.06. The fourth-order valence-electron chi connectivity index (χ4n) is 1.29. The summed E-state index contributed by atoms with van der Waals surface area (Å²) in [6.45, 7) is 6.90. The van der Waals surface area contributed by atoms with Crippen LogP contribution in [0.25, 0.3) is 0 Å². The van der Waals surface area contributed by atoms with Crippen molar-refractivity contribution in [3.63, 3.8) is 0 Å². The molecule has 0 heterocycles. The second-order valence-electron chi connectivity index (χ2n) is 4.27. The molecule has 0 aliphatic carbocycles. The van der Waals surface area contributed by atoms with Crippen molar-refractivity contribution >= 4 is 6.21 Å². The fourth-order valence-corrected chi connectivity index (χ4v) is 1.29. The molecule has 1 nitrogen and oxygen atoms in total. The molecule has 0 spiro atoms. The van der Waals surface area contributed by atoms with Gasteiger partial charge in [-0.25, -0.2) is 0 Å². The summed E-state index contributed by atoms with van der Waals surface area (Å²) in [7, 11) is 1.85. The van der Waals surface area contributed by atoms with Gasteiger partial charge in [0.05, 0.1) is 0 Å². The molecule has 0 fully saturated rings. The third kappa shape index (κ3) is 6.38. The van der Waals surface area contributed by atoms with Gasteiger partial charge in [0.15, 0.2) is 0 Å². The molecule has 72 valence electrons. The van der Waals surface area contributed by atoms with Gasteiger partial charge >= 0.3 is 0 Å². The van der Waals surface area contributed by atoms with Gasteiger partial charge in [-0.2, -0.15) is 0 Å². The summed E-state index contributed by atoms with van der Waals surface area (Å²) >= 11 is 0. The standard InChI is InChI=1S/C11H23N/c1-5-6-7-8-11(2,3)9-10-12-4/h10H,5-9H2,1-4H3. The van der Waals surface area contributed by atoms with Crippen LogP contribution < -0.4 is 0 Å². The van der Waals surface area contributed by atoms with Gasteiger partial charge in [-0.1, -0.05) is 40.0 Å². The van der Waals surface area contributed by atoms with Crippen molar-refractivity contribution in [3.8, 4) is 0 Å². The molecule has 0 rings (SSSR count). The molecule has 0 N–H and O–H groups in total. The van der Waals surface area contributed by atoms with Crippen LogP contribution >= 0.6 is 0 Å². The maximum atomic E-state index is 4.02. The zero-order valence-electron chi connectivity index (χ0n) is 9.06. The van der Waals surface area contributed by atoms with Crippen molar-refractivity contribution in [1.82, 2.24) is 0 Å². The molecule has 0 aliphatic heterocycles. The third-order valence-electron chi connectivity index (χ3n) is 2.28. The summed E-state index contributed by atoms with van der Waals surface area (Å²) in [6, 6.07) is 0. The number of unbranched alkanes of at least 4 members (excludes halogenated alkanes) is 2. The van der Waals surface area contributed by atoms with Gasteiger partial charge < -0.3 is 4.99 Å². The van der Waals surface area contributed by atoms with Gasteiger partial charge in [-0.3, -0.25) is 0 Å². The predicted octanol–water partition coefficient (Wildman–Crippen LogP) is 3.68. The summed E-state index contributed by atoms with van der Waals surface area (Å²) in [5, 5.41) is 0. The molecule has 0 aromatic heterocycles. The van der Waals surface area contributed by atoms with Crippen LogP contribution in [0.4, 0.5) is 0 Å². The Morgan fingerprint density at radius 1 is 1.25 bits per heavy atom. The van der Waals surface area contributed by atoms with Crippen LogP contribution in [0.3, 0.4) is 0 Å². The number of hydrogen-bond donors (Lipinski definition) is 0. The molecular weight excluding hydrogens is 146 g/mol. The van der Waals surface area contributed by atoms with Gasteiger partial charge in [-0.05, 0) is 24.5 Å². The first-order valence-corrected chi connectivity index (χ1v) is 5.03. The highest BCUT2D eigenvalue weighted by molar-refractivity contribution is 5.57. The molecule has 0 unspecified atom stereocenters. The first-order chi connectivity index (χ1) is 5.62. The Bertz CT molecular complexity index is 125. The highest BCUT2D eigenvalue weighted by Gasteiger charge is 2.14. The number of rotatable bonds is 6. The van der Waals surface area contributed by atoms with Crippen LogP contribution in [0.15, 0.2) is 4.99 Å². The SMILES string of the molecule is CCCCCC(C)(C)CC=NC. The molecule has 0 aliphatic rings. The molecule has 0 amide bonds. The molecule has 0 bridgehead atoms. The van der Waals surface area contributed by atoms with Gasteiger partial charge in [0.1, 0.15) is 0 Å². The van der Waals surface area contributed by atoms with Crippen LogP contribution in [-0.4, -0.2) is 13.3 Å². The number of nitrogens with zero attached hydrogens (tertiary/aromatic N) is 1. The van der Waals surface area contributed by atoms with Crippen LogP contribution in [0.2, 0.25) is 0 Å². The third-order valence-corrected chi connectivity index (χ3v) is 2.28. The van der Waals surface area contributed by atoms with E-state index < -0.39 is 0 Å². The molecular formula is C11H23N. The fraction of sp³-hybridized carbons (Fsp3) is 0.909. The predicted molar refractivity (Wildman–Crippen MR) is 57.0 cm³/mol. The molecule has 0 saturated carbocycles. The van der Waals surface area contributed by atoms with E-state index in [4.69, 9.17) is 0 Å². The second-order valence-corrected chi connectivity index (χ2v) is 4.27. The van der Waals surface area contributed by atoms with Gasteiger partial charge in [0.25, 0.3) is 0 Å². The topological polar surface area (TPSA) is 12.4 Å². The first kappa shape index (κ1) is 11.7. The summed E-state index contributed by atoms with van der Waals surface area (Å²) in [5.74, 6) is 0.